The minimum atomic E-state index is -0.252. The third-order valence-corrected chi connectivity index (χ3v) is 4.76. The molecule has 0 atom stereocenters. The maximum atomic E-state index is 12.4. The first-order valence-electron chi connectivity index (χ1n) is 9.27. The van der Waals surface area contributed by atoms with Crippen LogP contribution >= 0.6 is 0 Å². The van der Waals surface area contributed by atoms with E-state index in [1.807, 2.05) is 12.1 Å². The number of fused-ring (bicyclic) bond motifs is 1. The molecule has 4 rings (SSSR count). The average Bonchev–Trinajstić information content (AvgIpc) is 3.23. The summed E-state index contributed by atoms with van der Waals surface area (Å²) < 4.78 is 4.95. The number of amides is 3. The van der Waals surface area contributed by atoms with Gasteiger partial charge >= 0.3 is 0 Å². The number of hydrogen-bond donors (Lipinski definition) is 1. The third kappa shape index (κ3) is 3.94. The molecule has 1 aliphatic heterocycles. The van der Waals surface area contributed by atoms with Crippen LogP contribution in [0.3, 0.4) is 0 Å². The molecule has 1 aromatic heterocycles. The summed E-state index contributed by atoms with van der Waals surface area (Å²) in [6.45, 7) is 2.08. The summed E-state index contributed by atoms with van der Waals surface area (Å²) in [6.07, 6.45) is 0.677. The average molecular weight is 389 g/mol. The summed E-state index contributed by atoms with van der Waals surface area (Å²) in [6, 6.07) is 15.9. The second-order valence-electron chi connectivity index (χ2n) is 6.91. The first-order valence-corrected chi connectivity index (χ1v) is 9.27. The lowest BCUT2D eigenvalue weighted by Crippen LogP contribution is -2.31. The van der Waals surface area contributed by atoms with E-state index >= 15 is 0 Å². The fraction of sp³-hybridized carbons (Fsp3) is 0.182. The van der Waals surface area contributed by atoms with Crippen LogP contribution in [0.15, 0.2) is 59.1 Å². The number of rotatable bonds is 6. The third-order valence-electron chi connectivity index (χ3n) is 4.76. The Morgan fingerprint density at radius 3 is 2.28 bits per heavy atom. The fourth-order valence-electron chi connectivity index (χ4n) is 3.31. The molecule has 2 aromatic carbocycles. The van der Waals surface area contributed by atoms with Gasteiger partial charge in [-0.25, -0.2) is 0 Å². The molecule has 2 heterocycles. The van der Waals surface area contributed by atoms with Crippen molar-refractivity contribution in [1.29, 1.82) is 0 Å². The van der Waals surface area contributed by atoms with Crippen LogP contribution in [0.5, 0.6) is 0 Å². The van der Waals surface area contributed by atoms with Gasteiger partial charge in [0.15, 0.2) is 0 Å². The number of nitrogens with zero attached hydrogens (tertiary/aromatic N) is 2. The zero-order valence-corrected chi connectivity index (χ0v) is 15.8. The molecule has 146 valence electrons. The second-order valence-corrected chi connectivity index (χ2v) is 6.91. The van der Waals surface area contributed by atoms with Gasteiger partial charge in [0.2, 0.25) is 5.91 Å². The van der Waals surface area contributed by atoms with Crippen molar-refractivity contribution < 1.29 is 18.9 Å². The fourth-order valence-corrected chi connectivity index (χ4v) is 3.31. The number of hydrogen-bond acceptors (Lipinski definition) is 5. The zero-order chi connectivity index (χ0) is 20.4. The van der Waals surface area contributed by atoms with Crippen LogP contribution in [0.4, 0.5) is 5.69 Å². The monoisotopic (exact) mass is 389 g/mol. The van der Waals surface area contributed by atoms with E-state index in [1.54, 1.807) is 49.4 Å². The molecule has 29 heavy (non-hydrogen) atoms. The highest BCUT2D eigenvalue weighted by Crippen LogP contribution is 2.22. The molecule has 0 spiro atoms. The highest BCUT2D eigenvalue weighted by Gasteiger charge is 2.34. The van der Waals surface area contributed by atoms with Crippen molar-refractivity contribution in [2.75, 3.05) is 11.9 Å². The second kappa shape index (κ2) is 7.71. The summed E-state index contributed by atoms with van der Waals surface area (Å²) >= 11 is 0. The summed E-state index contributed by atoms with van der Waals surface area (Å²) in [5, 5.41) is 6.62. The van der Waals surface area contributed by atoms with Crippen LogP contribution in [0.1, 0.15) is 37.7 Å². The topological polar surface area (TPSA) is 92.5 Å². The standard InChI is InChI=1S/C22H19N3O4/c1-14-12-17(24-29-14)13-20(26)23-16-8-6-15(7-9-16)10-11-25-21(27)18-4-2-3-5-19(18)22(25)28/h2-9,12H,10-11,13H2,1H3,(H,23,26). The van der Waals surface area contributed by atoms with Crippen molar-refractivity contribution in [2.24, 2.45) is 0 Å². The van der Waals surface area contributed by atoms with Gasteiger partial charge in [0, 0.05) is 18.3 Å². The van der Waals surface area contributed by atoms with Gasteiger partial charge in [-0.1, -0.05) is 29.4 Å². The molecule has 0 fully saturated rings. The van der Waals surface area contributed by atoms with Gasteiger partial charge in [-0.05, 0) is 43.2 Å². The molecular formula is C22H19N3O4. The molecule has 1 N–H and O–H groups in total. The predicted octanol–water partition coefficient (Wildman–Crippen LogP) is 3.00. The summed E-state index contributed by atoms with van der Waals surface area (Å²) in [4.78, 5) is 38.2. The van der Waals surface area contributed by atoms with E-state index in [0.717, 1.165) is 5.56 Å². The van der Waals surface area contributed by atoms with Crippen molar-refractivity contribution in [1.82, 2.24) is 10.1 Å². The predicted molar refractivity (Wildman–Crippen MR) is 106 cm³/mol. The van der Waals surface area contributed by atoms with Crippen LogP contribution in [-0.4, -0.2) is 34.3 Å². The number of aryl methyl sites for hydroxylation is 1. The number of carbonyl (C=O) groups excluding carboxylic acids is 3. The van der Waals surface area contributed by atoms with Gasteiger partial charge in [0.1, 0.15) is 5.76 Å². The van der Waals surface area contributed by atoms with Crippen LogP contribution < -0.4 is 5.32 Å². The molecule has 0 unspecified atom stereocenters. The summed E-state index contributed by atoms with van der Waals surface area (Å²) in [5.74, 6) is -0.0255. The molecule has 1 aliphatic rings. The smallest absolute Gasteiger partial charge is 0.261 e. The van der Waals surface area contributed by atoms with Gasteiger partial charge in [-0.3, -0.25) is 19.3 Å². The Hall–Kier alpha value is -3.74. The lowest BCUT2D eigenvalue weighted by Gasteiger charge is -2.14. The van der Waals surface area contributed by atoms with Crippen molar-refractivity contribution in [3.8, 4) is 0 Å². The van der Waals surface area contributed by atoms with Gasteiger partial charge < -0.3 is 9.84 Å². The van der Waals surface area contributed by atoms with Gasteiger partial charge in [0.25, 0.3) is 11.8 Å². The largest absolute Gasteiger partial charge is 0.361 e. The van der Waals surface area contributed by atoms with E-state index in [1.165, 1.54) is 4.90 Å². The maximum absolute atomic E-state index is 12.4. The molecule has 3 aromatic rings. The minimum Gasteiger partial charge on any atom is -0.361 e. The van der Waals surface area contributed by atoms with Gasteiger partial charge in [0.05, 0.1) is 23.2 Å². The number of benzene rings is 2. The van der Waals surface area contributed by atoms with E-state index < -0.39 is 0 Å². The molecule has 0 saturated carbocycles. The summed E-state index contributed by atoms with van der Waals surface area (Å²) in [7, 11) is 0. The van der Waals surface area contributed by atoms with Crippen LogP contribution in [-0.2, 0) is 17.6 Å². The van der Waals surface area contributed by atoms with Crippen molar-refractivity contribution >= 4 is 23.4 Å². The molecule has 0 aliphatic carbocycles. The Kier molecular flexibility index (Phi) is 4.95. The highest BCUT2D eigenvalue weighted by atomic mass is 16.5. The number of nitrogens with one attached hydrogen (secondary N) is 1. The van der Waals surface area contributed by atoms with E-state index in [2.05, 4.69) is 10.5 Å². The SMILES string of the molecule is Cc1cc(CC(=O)Nc2ccc(CCN3C(=O)c4ccccc4C3=O)cc2)no1. The van der Waals surface area contributed by atoms with Crippen molar-refractivity contribution in [3.63, 3.8) is 0 Å². The molecular weight excluding hydrogens is 370 g/mol. The first kappa shape index (κ1) is 18.6. The molecule has 0 radical (unpaired) electrons. The van der Waals surface area contributed by atoms with Crippen LogP contribution in [0, 0.1) is 6.92 Å². The van der Waals surface area contributed by atoms with Crippen molar-refractivity contribution in [3.05, 3.63) is 82.7 Å². The quantitative estimate of drug-likeness (QED) is 0.654. The van der Waals surface area contributed by atoms with Crippen LogP contribution in [0.2, 0.25) is 0 Å². The van der Waals surface area contributed by atoms with Gasteiger partial charge in [-0.15, -0.1) is 0 Å². The lowest BCUT2D eigenvalue weighted by atomic mass is 10.1. The molecule has 3 amide bonds. The van der Waals surface area contributed by atoms with E-state index in [9.17, 15) is 14.4 Å². The Labute approximate surface area is 167 Å². The van der Waals surface area contributed by atoms with E-state index in [0.29, 0.717) is 41.2 Å². The Morgan fingerprint density at radius 2 is 1.69 bits per heavy atom. The van der Waals surface area contributed by atoms with Gasteiger partial charge in [-0.2, -0.15) is 0 Å². The highest BCUT2D eigenvalue weighted by molar-refractivity contribution is 6.21. The molecule has 0 saturated heterocycles. The van der Waals surface area contributed by atoms with E-state index in [4.69, 9.17) is 4.52 Å². The molecule has 7 nitrogen and oxygen atoms in total. The number of aromatic nitrogens is 1. The first-order chi connectivity index (χ1) is 14.0. The Bertz CT molecular complexity index is 1050. The normalized spacial score (nSPS) is 12.9. The number of carbonyl (C=O) groups is 3. The Morgan fingerprint density at radius 1 is 1.03 bits per heavy atom. The Balaban J connectivity index is 1.33. The summed E-state index contributed by atoms with van der Waals surface area (Å²) in [5.41, 5.74) is 3.12. The minimum absolute atomic E-state index is 0.138. The van der Waals surface area contributed by atoms with E-state index in [-0.39, 0.29) is 24.1 Å². The molecule has 0 bridgehead atoms. The van der Waals surface area contributed by atoms with Crippen molar-refractivity contribution in [2.45, 2.75) is 19.8 Å². The zero-order valence-electron chi connectivity index (χ0n) is 15.8. The molecule has 7 heteroatoms. The number of imide groups is 1. The van der Waals surface area contributed by atoms with Crippen LogP contribution in [0.25, 0.3) is 0 Å². The number of anilines is 1. The lowest BCUT2D eigenvalue weighted by molar-refractivity contribution is -0.115. The maximum Gasteiger partial charge on any atom is 0.261 e.